The fraction of sp³-hybridized carbons (Fsp3) is 0.619. The normalized spacial score (nSPS) is 19.9. The Morgan fingerprint density at radius 1 is 1.29 bits per heavy atom. The Bertz CT molecular complexity index is 755. The highest BCUT2D eigenvalue weighted by atomic mass is 32.2. The third-order valence-corrected chi connectivity index (χ3v) is 6.30. The van der Waals surface area contributed by atoms with Crippen molar-refractivity contribution >= 4 is 23.0 Å². The summed E-state index contributed by atoms with van der Waals surface area (Å²) in [6.07, 6.45) is -1.15. The third-order valence-electron chi connectivity index (χ3n) is 4.70. The van der Waals surface area contributed by atoms with Gasteiger partial charge < -0.3 is 24.8 Å². The van der Waals surface area contributed by atoms with E-state index in [0.717, 1.165) is 5.56 Å². The molecule has 1 saturated heterocycles. The quantitative estimate of drug-likeness (QED) is 0.568. The van der Waals surface area contributed by atoms with E-state index in [1.807, 2.05) is 30.3 Å². The maximum absolute atomic E-state index is 12.7. The van der Waals surface area contributed by atoms with Crippen LogP contribution in [-0.2, 0) is 36.6 Å². The molecule has 0 spiro atoms. The Kier molecular flexibility index (Phi) is 9.42. The summed E-state index contributed by atoms with van der Waals surface area (Å²) in [5.74, 6) is -0.627. The molecule has 0 saturated carbocycles. The van der Waals surface area contributed by atoms with Crippen LogP contribution in [0.3, 0.4) is 0 Å². The second-order valence-electron chi connectivity index (χ2n) is 8.20. The Hall–Kier alpha value is -2.01. The minimum atomic E-state index is -1.51. The van der Waals surface area contributed by atoms with E-state index in [-0.39, 0.29) is 26.4 Å². The van der Waals surface area contributed by atoms with Crippen LogP contribution in [0.25, 0.3) is 0 Å². The summed E-state index contributed by atoms with van der Waals surface area (Å²) in [4.78, 5) is 26.4. The molecule has 10 heteroatoms. The van der Waals surface area contributed by atoms with E-state index in [1.54, 1.807) is 27.7 Å². The van der Waals surface area contributed by atoms with Gasteiger partial charge in [0.2, 0.25) is 0 Å². The standard InChI is InChI=1S/C21H33N3O6S/c1-5-28-19(25)17(22)18(23-31(27)21(2,3)4)16-13-24(11-12-29-16)20(26)30-14-15-9-7-6-8-10-15/h6-10,16-18,23H,5,11-14,22H2,1-4H3/t16-,17+,18-,31+/m1/s1. The van der Waals surface area contributed by atoms with Crippen LogP contribution in [-0.4, -0.2) is 70.4 Å². The van der Waals surface area contributed by atoms with Crippen LogP contribution in [0.15, 0.2) is 30.3 Å². The highest BCUT2D eigenvalue weighted by Crippen LogP contribution is 2.17. The van der Waals surface area contributed by atoms with Gasteiger partial charge in [-0.1, -0.05) is 30.3 Å². The van der Waals surface area contributed by atoms with Crippen molar-refractivity contribution in [2.75, 3.05) is 26.3 Å². The van der Waals surface area contributed by atoms with Gasteiger partial charge in [-0.15, -0.1) is 0 Å². The second kappa shape index (κ2) is 11.6. The molecule has 9 nitrogen and oxygen atoms in total. The molecule has 174 valence electrons. The first kappa shape index (κ1) is 25.3. The number of nitrogens with one attached hydrogen (secondary N) is 1. The molecule has 1 aliphatic rings. The predicted molar refractivity (Wildman–Crippen MR) is 117 cm³/mol. The highest BCUT2D eigenvalue weighted by molar-refractivity contribution is 7.84. The molecule has 1 amide bonds. The number of amides is 1. The van der Waals surface area contributed by atoms with Crippen LogP contribution in [0.1, 0.15) is 33.3 Å². The maximum Gasteiger partial charge on any atom is 0.410 e. The van der Waals surface area contributed by atoms with Crippen LogP contribution in [0.5, 0.6) is 0 Å². The first-order valence-electron chi connectivity index (χ1n) is 10.3. The number of hydrogen-bond acceptors (Lipinski definition) is 7. The molecule has 1 aromatic rings. The molecule has 1 aliphatic heterocycles. The van der Waals surface area contributed by atoms with Gasteiger partial charge in [-0.3, -0.25) is 4.79 Å². The molecule has 0 aliphatic carbocycles. The number of carbonyl (C=O) groups excluding carboxylic acids is 2. The maximum atomic E-state index is 12.7. The molecule has 0 bridgehead atoms. The van der Waals surface area contributed by atoms with Gasteiger partial charge in [-0.2, -0.15) is 0 Å². The van der Waals surface area contributed by atoms with E-state index in [0.29, 0.717) is 6.54 Å². The molecule has 0 aromatic heterocycles. The van der Waals surface area contributed by atoms with Crippen molar-refractivity contribution in [3.8, 4) is 0 Å². The van der Waals surface area contributed by atoms with Crippen molar-refractivity contribution in [3.63, 3.8) is 0 Å². The first-order valence-corrected chi connectivity index (χ1v) is 11.5. The number of hydrogen-bond donors (Lipinski definition) is 2. The molecule has 2 rings (SSSR count). The van der Waals surface area contributed by atoms with Gasteiger partial charge in [0.05, 0.1) is 47.6 Å². The zero-order valence-electron chi connectivity index (χ0n) is 18.5. The summed E-state index contributed by atoms with van der Waals surface area (Å²) in [7, 11) is -1.51. The largest absolute Gasteiger partial charge is 0.465 e. The van der Waals surface area contributed by atoms with Gasteiger partial charge in [0.15, 0.2) is 0 Å². The summed E-state index contributed by atoms with van der Waals surface area (Å²) in [6.45, 7) is 8.13. The second-order valence-corrected chi connectivity index (χ2v) is 10.2. The predicted octanol–water partition coefficient (Wildman–Crippen LogP) is 1.33. The molecule has 0 radical (unpaired) electrons. The average Bonchev–Trinajstić information content (AvgIpc) is 2.75. The van der Waals surface area contributed by atoms with Crippen molar-refractivity contribution in [1.29, 1.82) is 0 Å². The zero-order chi connectivity index (χ0) is 23.0. The van der Waals surface area contributed by atoms with Crippen molar-refractivity contribution in [3.05, 3.63) is 35.9 Å². The first-order chi connectivity index (χ1) is 14.6. The Morgan fingerprint density at radius 2 is 1.97 bits per heavy atom. The Morgan fingerprint density at radius 3 is 2.58 bits per heavy atom. The summed E-state index contributed by atoms with van der Waals surface area (Å²) >= 11 is 0. The lowest BCUT2D eigenvalue weighted by Crippen LogP contribution is -2.63. The summed E-state index contributed by atoms with van der Waals surface area (Å²) < 4.78 is 31.3. The number of benzene rings is 1. The SMILES string of the molecule is CCOC(=O)[C@@H](N)[C@H](N[S@@](=O)C(C)(C)C)[C@H]1CN(C(=O)OCc2ccccc2)CCO1. The number of morpholine rings is 1. The van der Waals surface area contributed by atoms with Crippen molar-refractivity contribution < 1.29 is 28.0 Å². The Balaban J connectivity index is 2.08. The molecular formula is C21H33N3O6S. The van der Waals surface area contributed by atoms with Crippen molar-refractivity contribution in [1.82, 2.24) is 9.62 Å². The van der Waals surface area contributed by atoms with Crippen LogP contribution >= 0.6 is 0 Å². The van der Waals surface area contributed by atoms with E-state index in [2.05, 4.69) is 4.72 Å². The third kappa shape index (κ3) is 7.57. The fourth-order valence-corrected chi connectivity index (χ4v) is 3.83. The lowest BCUT2D eigenvalue weighted by Gasteiger charge is -2.38. The van der Waals surface area contributed by atoms with Gasteiger partial charge in [-0.05, 0) is 33.3 Å². The minimum absolute atomic E-state index is 0.139. The Labute approximate surface area is 186 Å². The van der Waals surface area contributed by atoms with Crippen molar-refractivity contribution in [2.45, 2.75) is 57.2 Å². The highest BCUT2D eigenvalue weighted by Gasteiger charge is 2.40. The number of ether oxygens (including phenoxy) is 3. The number of nitrogens with two attached hydrogens (primary N) is 1. The van der Waals surface area contributed by atoms with Gasteiger partial charge in [-0.25, -0.2) is 13.7 Å². The molecule has 4 atom stereocenters. The van der Waals surface area contributed by atoms with E-state index in [4.69, 9.17) is 19.9 Å². The molecular weight excluding hydrogens is 422 g/mol. The molecule has 31 heavy (non-hydrogen) atoms. The summed E-state index contributed by atoms with van der Waals surface area (Å²) in [5.41, 5.74) is 7.02. The monoisotopic (exact) mass is 455 g/mol. The van der Waals surface area contributed by atoms with Gasteiger partial charge >= 0.3 is 12.1 Å². The number of nitrogens with zero attached hydrogens (tertiary/aromatic N) is 1. The van der Waals surface area contributed by atoms with E-state index >= 15 is 0 Å². The lowest BCUT2D eigenvalue weighted by molar-refractivity contribution is -0.147. The molecule has 1 fully saturated rings. The van der Waals surface area contributed by atoms with Gasteiger partial charge in [0.25, 0.3) is 0 Å². The summed E-state index contributed by atoms with van der Waals surface area (Å²) in [5, 5.41) is 0. The minimum Gasteiger partial charge on any atom is -0.465 e. The topological polar surface area (TPSA) is 120 Å². The van der Waals surface area contributed by atoms with Crippen molar-refractivity contribution in [2.24, 2.45) is 5.73 Å². The fourth-order valence-electron chi connectivity index (χ4n) is 2.94. The van der Waals surface area contributed by atoms with Crippen LogP contribution in [0.2, 0.25) is 0 Å². The molecule has 3 N–H and O–H groups in total. The number of rotatable bonds is 8. The van der Waals surface area contributed by atoms with E-state index in [1.165, 1.54) is 4.90 Å². The van der Waals surface area contributed by atoms with Gasteiger partial charge in [0.1, 0.15) is 12.6 Å². The van der Waals surface area contributed by atoms with Crippen LogP contribution in [0, 0.1) is 0 Å². The number of esters is 1. The smallest absolute Gasteiger partial charge is 0.410 e. The molecule has 1 aromatic carbocycles. The van der Waals surface area contributed by atoms with E-state index < -0.39 is 46.0 Å². The van der Waals surface area contributed by atoms with Crippen LogP contribution in [0.4, 0.5) is 4.79 Å². The molecule has 0 unspecified atom stereocenters. The van der Waals surface area contributed by atoms with E-state index in [9.17, 15) is 13.8 Å². The summed E-state index contributed by atoms with van der Waals surface area (Å²) in [6, 6.07) is 7.44. The number of carbonyl (C=O) groups is 2. The molecule has 1 heterocycles. The lowest BCUT2D eigenvalue weighted by atomic mass is 10.0. The van der Waals surface area contributed by atoms with Gasteiger partial charge in [0, 0.05) is 6.54 Å². The average molecular weight is 456 g/mol. The zero-order valence-corrected chi connectivity index (χ0v) is 19.4. The van der Waals surface area contributed by atoms with Crippen LogP contribution < -0.4 is 10.5 Å².